The van der Waals surface area contributed by atoms with Crippen LogP contribution in [0.2, 0.25) is 0 Å². The second-order valence-corrected chi connectivity index (χ2v) is 7.57. The molecule has 29 heavy (non-hydrogen) atoms. The van der Waals surface area contributed by atoms with Crippen molar-refractivity contribution < 1.29 is 28.9 Å². The topological polar surface area (TPSA) is 176 Å². The van der Waals surface area contributed by atoms with Gasteiger partial charge in [0.1, 0.15) is 10.9 Å². The summed E-state index contributed by atoms with van der Waals surface area (Å²) in [4.78, 5) is 53.3. The van der Waals surface area contributed by atoms with Crippen molar-refractivity contribution in [1.29, 1.82) is 0 Å². The minimum Gasteiger partial charge on any atom is -0.481 e. The molecule has 1 aliphatic heterocycles. The van der Waals surface area contributed by atoms with Crippen molar-refractivity contribution in [3.05, 3.63) is 20.0 Å². The Morgan fingerprint density at radius 3 is 2.83 bits per heavy atom. The van der Waals surface area contributed by atoms with Gasteiger partial charge in [0.15, 0.2) is 11.8 Å². The van der Waals surface area contributed by atoms with E-state index in [1.807, 2.05) is 0 Å². The monoisotopic (exact) mass is 428 g/mol. The van der Waals surface area contributed by atoms with E-state index in [4.69, 9.17) is 19.9 Å². The fourth-order valence-corrected chi connectivity index (χ4v) is 4.29. The number of nitrogens with one attached hydrogen (secondary N) is 1. The number of carbonyl (C=O) groups excluding carboxylic acids is 1. The lowest BCUT2D eigenvalue weighted by molar-refractivity contribution is -0.161. The minimum atomic E-state index is -1.09. The molecule has 2 aromatic rings. The molecule has 4 N–H and O–H groups in total. The third-order valence-corrected chi connectivity index (χ3v) is 5.44. The van der Waals surface area contributed by atoms with Gasteiger partial charge in [0.05, 0.1) is 19.1 Å². The molecular weight excluding hydrogens is 408 g/mol. The first-order valence-electron chi connectivity index (χ1n) is 8.65. The van der Waals surface area contributed by atoms with Crippen LogP contribution in [-0.4, -0.2) is 57.5 Å². The average Bonchev–Trinajstić information content (AvgIpc) is 3.14. The molecule has 1 aliphatic rings. The second kappa shape index (κ2) is 8.31. The zero-order valence-corrected chi connectivity index (χ0v) is 16.4. The fraction of sp³-hybridized carbons (Fsp3) is 0.562. The predicted molar refractivity (Wildman–Crippen MR) is 101 cm³/mol. The molecule has 2 aromatic heterocycles. The van der Waals surface area contributed by atoms with E-state index in [0.717, 1.165) is 4.57 Å². The molecule has 12 nitrogen and oxygen atoms in total. The summed E-state index contributed by atoms with van der Waals surface area (Å²) in [6, 6.07) is 0. The Morgan fingerprint density at radius 2 is 2.21 bits per heavy atom. The zero-order chi connectivity index (χ0) is 21.3. The average molecular weight is 428 g/mol. The van der Waals surface area contributed by atoms with E-state index in [-0.39, 0.29) is 35.7 Å². The minimum absolute atomic E-state index is 0.0121. The number of H-pyrrole nitrogens is 1. The van der Waals surface area contributed by atoms with E-state index < -0.39 is 46.7 Å². The summed E-state index contributed by atoms with van der Waals surface area (Å²) in [5.41, 5.74) is 5.04. The van der Waals surface area contributed by atoms with Gasteiger partial charge in [-0.3, -0.25) is 28.7 Å². The first-order valence-corrected chi connectivity index (χ1v) is 9.47. The third-order valence-electron chi connectivity index (χ3n) is 4.50. The highest BCUT2D eigenvalue weighted by atomic mass is 32.1. The molecule has 158 valence electrons. The standard InChI is InChI=1S/C16H20N4O8S/c1-6(21)27-9(5-26-2)8-3-7(4-10(22)23)14(28-8)20-12-11(29-16(20)25)13(24)19-15(17)18-12/h7-9,14H,3-5H2,1-2H3,(H,22,23)(H3,17,18,19,24)/t7-,8+,9?,14-/m1/s1. The van der Waals surface area contributed by atoms with Crippen molar-refractivity contribution >= 4 is 39.6 Å². The summed E-state index contributed by atoms with van der Waals surface area (Å²) in [6.45, 7) is 1.26. The number of fused-ring (bicyclic) bond motifs is 1. The summed E-state index contributed by atoms with van der Waals surface area (Å²) < 4.78 is 17.5. The number of anilines is 1. The van der Waals surface area contributed by atoms with Crippen LogP contribution in [0.15, 0.2) is 9.59 Å². The smallest absolute Gasteiger partial charge is 0.311 e. The number of rotatable bonds is 7. The zero-order valence-electron chi connectivity index (χ0n) is 15.6. The van der Waals surface area contributed by atoms with Gasteiger partial charge in [0.25, 0.3) is 5.56 Å². The van der Waals surface area contributed by atoms with Gasteiger partial charge in [0.2, 0.25) is 5.95 Å². The summed E-state index contributed by atoms with van der Waals surface area (Å²) in [7, 11) is 1.42. The van der Waals surface area contributed by atoms with E-state index in [0.29, 0.717) is 11.3 Å². The fourth-order valence-electron chi connectivity index (χ4n) is 3.44. The molecule has 4 atom stereocenters. The Hall–Kier alpha value is -2.77. The highest BCUT2D eigenvalue weighted by Gasteiger charge is 2.43. The lowest BCUT2D eigenvalue weighted by atomic mass is 9.97. The number of esters is 1. The number of nitrogen functional groups attached to an aromatic ring is 1. The molecule has 3 heterocycles. The predicted octanol–water partition coefficient (Wildman–Crippen LogP) is -0.315. The SMILES string of the molecule is COCC(OC(C)=O)[C@@H]1C[C@H](CC(=O)O)[C@H](n2c(=O)sc3c(=O)[nH]c(N)nc32)O1. The van der Waals surface area contributed by atoms with Crippen LogP contribution in [0.5, 0.6) is 0 Å². The lowest BCUT2D eigenvalue weighted by Crippen LogP contribution is -2.35. The van der Waals surface area contributed by atoms with E-state index >= 15 is 0 Å². The van der Waals surface area contributed by atoms with Crippen molar-refractivity contribution in [2.45, 2.75) is 38.2 Å². The Morgan fingerprint density at radius 1 is 1.48 bits per heavy atom. The molecule has 1 unspecified atom stereocenters. The van der Waals surface area contributed by atoms with Gasteiger partial charge < -0.3 is 25.1 Å². The van der Waals surface area contributed by atoms with Crippen LogP contribution in [0.4, 0.5) is 5.95 Å². The summed E-state index contributed by atoms with van der Waals surface area (Å²) in [5, 5.41) is 9.29. The van der Waals surface area contributed by atoms with E-state index in [1.54, 1.807) is 0 Å². The maximum Gasteiger partial charge on any atom is 0.311 e. The molecule has 1 fully saturated rings. The maximum atomic E-state index is 12.6. The van der Waals surface area contributed by atoms with Gasteiger partial charge in [-0.05, 0) is 6.42 Å². The Labute approximate surface area is 167 Å². The Balaban J connectivity index is 2.04. The Kier molecular flexibility index (Phi) is 6.00. The van der Waals surface area contributed by atoms with Crippen LogP contribution in [0.25, 0.3) is 10.3 Å². The molecule has 3 rings (SSSR count). The number of thiazole rings is 1. The second-order valence-electron chi connectivity index (χ2n) is 6.60. The molecule has 0 aliphatic carbocycles. The number of aromatic nitrogens is 3. The van der Waals surface area contributed by atoms with E-state index in [2.05, 4.69) is 9.97 Å². The van der Waals surface area contributed by atoms with Gasteiger partial charge in [-0.1, -0.05) is 11.3 Å². The molecule has 0 spiro atoms. The summed E-state index contributed by atoms with van der Waals surface area (Å²) in [6.07, 6.45) is -2.64. The highest BCUT2D eigenvalue weighted by molar-refractivity contribution is 7.16. The molecule has 1 saturated heterocycles. The van der Waals surface area contributed by atoms with Crippen LogP contribution in [0.1, 0.15) is 26.0 Å². The van der Waals surface area contributed by atoms with Crippen LogP contribution in [0, 0.1) is 5.92 Å². The maximum absolute atomic E-state index is 12.6. The summed E-state index contributed by atoms with van der Waals surface area (Å²) >= 11 is 0.661. The van der Waals surface area contributed by atoms with Crippen LogP contribution in [0.3, 0.4) is 0 Å². The first kappa shape index (κ1) is 21.0. The number of carbonyl (C=O) groups is 2. The number of nitrogens with zero attached hydrogens (tertiary/aromatic N) is 2. The van der Waals surface area contributed by atoms with Gasteiger partial charge in [0, 0.05) is 20.0 Å². The normalized spacial score (nSPS) is 22.6. The van der Waals surface area contributed by atoms with Gasteiger partial charge in [-0.2, -0.15) is 4.98 Å². The van der Waals surface area contributed by atoms with Gasteiger partial charge in [-0.25, -0.2) is 0 Å². The number of nitrogens with two attached hydrogens (primary N) is 1. The van der Waals surface area contributed by atoms with Gasteiger partial charge in [-0.15, -0.1) is 0 Å². The number of aromatic amines is 1. The molecule has 0 aromatic carbocycles. The first-order chi connectivity index (χ1) is 13.7. The molecule has 0 radical (unpaired) electrons. The van der Waals surface area contributed by atoms with Crippen molar-refractivity contribution in [3.63, 3.8) is 0 Å². The number of hydrogen-bond donors (Lipinski definition) is 3. The van der Waals surface area contributed by atoms with Gasteiger partial charge >= 0.3 is 16.8 Å². The third kappa shape index (κ3) is 4.31. The number of carboxylic acid groups (broad SMARTS) is 1. The van der Waals surface area contributed by atoms with E-state index in [9.17, 15) is 24.3 Å². The number of hydrogen-bond acceptors (Lipinski definition) is 10. The largest absolute Gasteiger partial charge is 0.481 e. The molecule has 0 saturated carbocycles. The van der Waals surface area contributed by atoms with Crippen molar-refractivity contribution in [2.75, 3.05) is 19.5 Å². The molecule has 0 bridgehead atoms. The van der Waals surface area contributed by atoms with Crippen molar-refractivity contribution in [1.82, 2.24) is 14.5 Å². The molecule has 0 amide bonds. The number of aliphatic carboxylic acids is 1. The number of methoxy groups -OCH3 is 1. The number of carboxylic acids is 1. The molecule has 13 heteroatoms. The highest BCUT2D eigenvalue weighted by Crippen LogP contribution is 2.39. The van der Waals surface area contributed by atoms with Crippen LogP contribution >= 0.6 is 11.3 Å². The molecular formula is C16H20N4O8S. The number of ether oxygens (including phenoxy) is 3. The summed E-state index contributed by atoms with van der Waals surface area (Å²) in [5.74, 6) is -2.45. The van der Waals surface area contributed by atoms with Crippen molar-refractivity contribution in [3.8, 4) is 0 Å². The van der Waals surface area contributed by atoms with E-state index in [1.165, 1.54) is 14.0 Å². The quantitative estimate of drug-likeness (QED) is 0.496. The van der Waals surface area contributed by atoms with Crippen molar-refractivity contribution in [2.24, 2.45) is 5.92 Å². The Bertz CT molecular complexity index is 1040. The lowest BCUT2D eigenvalue weighted by Gasteiger charge is -2.23. The van der Waals surface area contributed by atoms with Crippen LogP contribution in [-0.2, 0) is 23.8 Å². The van der Waals surface area contributed by atoms with Crippen LogP contribution < -0.4 is 16.2 Å².